The summed E-state index contributed by atoms with van der Waals surface area (Å²) in [5, 5.41) is 0. The lowest BCUT2D eigenvalue weighted by molar-refractivity contribution is 0.626. The molecule has 0 fully saturated rings. The van der Waals surface area contributed by atoms with E-state index in [0.717, 1.165) is 17.7 Å². The van der Waals surface area contributed by atoms with E-state index in [9.17, 15) is 8.42 Å². The molecule has 2 rings (SSSR count). The van der Waals surface area contributed by atoms with Gasteiger partial charge in [-0.3, -0.25) is 0 Å². The van der Waals surface area contributed by atoms with Crippen molar-refractivity contribution in [3.63, 3.8) is 0 Å². The maximum Gasteiger partial charge on any atom is 0.217 e. The molecule has 0 spiro atoms. The summed E-state index contributed by atoms with van der Waals surface area (Å²) in [6.45, 7) is 0. The first-order valence-electron chi connectivity index (χ1n) is 4.45. The van der Waals surface area contributed by atoms with Gasteiger partial charge in [0.05, 0.1) is 4.86 Å². The Labute approximate surface area is 84.1 Å². The summed E-state index contributed by atoms with van der Waals surface area (Å²) < 4.78 is 21.5. The molecule has 14 heavy (non-hydrogen) atoms. The summed E-state index contributed by atoms with van der Waals surface area (Å²) in [6.07, 6.45) is 8.72. The number of hydrogen-bond acceptors (Lipinski definition) is 3. The minimum atomic E-state index is -2.09. The molecule has 0 amide bonds. The van der Waals surface area contributed by atoms with Gasteiger partial charge in [-0.1, -0.05) is 17.7 Å². The molecular weight excluding hydrogens is 198 g/mol. The van der Waals surface area contributed by atoms with Crippen LogP contribution in [0.5, 0.6) is 0 Å². The number of nitrogens with two attached hydrogens (primary N) is 1. The highest BCUT2D eigenvalue weighted by atomic mass is 32.2. The lowest BCUT2D eigenvalue weighted by atomic mass is 9.83. The second kappa shape index (κ2) is 3.46. The average molecular weight is 209 g/mol. The summed E-state index contributed by atoms with van der Waals surface area (Å²) in [5.41, 5.74) is 7.69. The van der Waals surface area contributed by atoms with Crippen LogP contribution in [0.1, 0.15) is 12.8 Å². The molecule has 0 saturated heterocycles. The van der Waals surface area contributed by atoms with Gasteiger partial charge in [-0.25, -0.2) is 0 Å². The highest BCUT2D eigenvalue weighted by Gasteiger charge is 2.20. The summed E-state index contributed by atoms with van der Waals surface area (Å²) in [6, 6.07) is 0. The van der Waals surface area contributed by atoms with Crippen molar-refractivity contribution in [2.45, 2.75) is 12.8 Å². The molecule has 0 bridgehead atoms. The molecule has 0 heterocycles. The summed E-state index contributed by atoms with van der Waals surface area (Å²) in [4.78, 5) is 0.460. The Bertz CT molecular complexity index is 472. The molecule has 3 nitrogen and oxygen atoms in total. The van der Waals surface area contributed by atoms with E-state index in [1.165, 1.54) is 0 Å². The Morgan fingerprint density at radius 1 is 1.36 bits per heavy atom. The van der Waals surface area contributed by atoms with Crippen molar-refractivity contribution in [2.24, 2.45) is 11.7 Å². The Kier molecular flexibility index (Phi) is 2.29. The quantitative estimate of drug-likeness (QED) is 0.600. The molecule has 0 aromatic heterocycles. The van der Waals surface area contributed by atoms with Crippen LogP contribution in [0.15, 0.2) is 35.6 Å². The van der Waals surface area contributed by atoms with Gasteiger partial charge in [-0.2, -0.15) is 8.42 Å². The number of rotatable bonds is 0. The molecule has 0 aliphatic heterocycles. The average Bonchev–Trinajstić information content (AvgIpc) is 2.16. The fourth-order valence-electron chi connectivity index (χ4n) is 1.77. The van der Waals surface area contributed by atoms with Crippen molar-refractivity contribution in [3.8, 4) is 0 Å². The third-order valence-electron chi connectivity index (χ3n) is 2.55. The molecule has 1 unspecified atom stereocenters. The van der Waals surface area contributed by atoms with Gasteiger partial charge < -0.3 is 5.73 Å². The van der Waals surface area contributed by atoms with E-state index >= 15 is 0 Å². The molecule has 74 valence electrons. The van der Waals surface area contributed by atoms with Crippen molar-refractivity contribution in [1.29, 1.82) is 0 Å². The van der Waals surface area contributed by atoms with Crippen LogP contribution in [-0.4, -0.2) is 13.3 Å². The predicted octanol–water partition coefficient (Wildman–Crippen LogP) is 0.787. The topological polar surface area (TPSA) is 60.2 Å². The zero-order valence-electron chi connectivity index (χ0n) is 7.60. The van der Waals surface area contributed by atoms with E-state index in [4.69, 9.17) is 5.73 Å². The summed E-state index contributed by atoms with van der Waals surface area (Å²) >= 11 is 0. The van der Waals surface area contributed by atoms with Crippen LogP contribution in [0.2, 0.25) is 0 Å². The molecular formula is C10H11NO2S. The smallest absolute Gasteiger partial charge is 0.217 e. The Balaban J connectivity index is 2.40. The molecule has 0 aromatic rings. The van der Waals surface area contributed by atoms with Crippen LogP contribution in [0.3, 0.4) is 0 Å². The van der Waals surface area contributed by atoms with E-state index in [1.54, 1.807) is 6.08 Å². The SMILES string of the molecule is NC1=CC=C2CC(=S(=O)=O)C=CC2C1. The van der Waals surface area contributed by atoms with Gasteiger partial charge >= 0.3 is 0 Å². The van der Waals surface area contributed by atoms with Crippen LogP contribution >= 0.6 is 0 Å². The molecule has 0 radical (unpaired) electrons. The molecule has 2 N–H and O–H groups in total. The van der Waals surface area contributed by atoms with Crippen LogP contribution < -0.4 is 5.73 Å². The Morgan fingerprint density at radius 2 is 2.14 bits per heavy atom. The van der Waals surface area contributed by atoms with Crippen molar-refractivity contribution in [2.75, 3.05) is 0 Å². The largest absolute Gasteiger partial charge is 0.402 e. The van der Waals surface area contributed by atoms with Crippen molar-refractivity contribution in [1.82, 2.24) is 0 Å². The van der Waals surface area contributed by atoms with Crippen molar-refractivity contribution < 1.29 is 8.42 Å². The van der Waals surface area contributed by atoms with Gasteiger partial charge in [-0.05, 0) is 18.6 Å². The van der Waals surface area contributed by atoms with Crippen molar-refractivity contribution >= 4 is 15.2 Å². The predicted molar refractivity (Wildman–Crippen MR) is 56.1 cm³/mol. The molecule has 1 atom stereocenters. The third kappa shape index (κ3) is 1.65. The van der Waals surface area contributed by atoms with E-state index < -0.39 is 10.3 Å². The highest BCUT2D eigenvalue weighted by molar-refractivity contribution is 7.73. The molecule has 2 aliphatic rings. The number of hydrogen-bond donors (Lipinski definition) is 1. The fourth-order valence-corrected chi connectivity index (χ4v) is 2.24. The van der Waals surface area contributed by atoms with E-state index in [1.807, 2.05) is 18.2 Å². The van der Waals surface area contributed by atoms with Crippen LogP contribution in [0.4, 0.5) is 0 Å². The molecule has 2 aliphatic carbocycles. The van der Waals surface area contributed by atoms with Crippen LogP contribution in [-0.2, 0) is 10.3 Å². The second-order valence-corrected chi connectivity index (χ2v) is 4.52. The van der Waals surface area contributed by atoms with E-state index in [-0.39, 0.29) is 0 Å². The third-order valence-corrected chi connectivity index (χ3v) is 3.26. The number of fused-ring (bicyclic) bond motifs is 1. The van der Waals surface area contributed by atoms with Gasteiger partial charge in [0.1, 0.15) is 0 Å². The fraction of sp³-hybridized carbons (Fsp3) is 0.300. The van der Waals surface area contributed by atoms with Gasteiger partial charge in [-0.15, -0.1) is 0 Å². The van der Waals surface area contributed by atoms with Crippen LogP contribution in [0.25, 0.3) is 0 Å². The highest BCUT2D eigenvalue weighted by Crippen LogP contribution is 2.30. The van der Waals surface area contributed by atoms with Gasteiger partial charge in [0.15, 0.2) is 0 Å². The van der Waals surface area contributed by atoms with E-state index in [0.29, 0.717) is 17.2 Å². The minimum Gasteiger partial charge on any atom is -0.402 e. The second-order valence-electron chi connectivity index (χ2n) is 3.53. The zero-order valence-corrected chi connectivity index (χ0v) is 8.42. The first-order valence-corrected chi connectivity index (χ1v) is 5.52. The normalized spacial score (nSPS) is 25.1. The standard InChI is InChI=1S/C10H11NO2S/c11-9-3-1-8-6-10(14(12)13)4-2-7(8)5-9/h1-4,7H,5-6,11H2. The maximum atomic E-state index is 10.7. The van der Waals surface area contributed by atoms with Crippen LogP contribution in [0, 0.1) is 5.92 Å². The zero-order chi connectivity index (χ0) is 10.1. The first-order chi connectivity index (χ1) is 6.66. The summed E-state index contributed by atoms with van der Waals surface area (Å²) in [5.74, 6) is 0.298. The Morgan fingerprint density at radius 3 is 2.86 bits per heavy atom. The molecule has 4 heteroatoms. The lowest BCUT2D eigenvalue weighted by Crippen LogP contribution is -2.17. The molecule has 0 saturated carbocycles. The molecule has 0 aromatic carbocycles. The van der Waals surface area contributed by atoms with E-state index in [2.05, 4.69) is 0 Å². The minimum absolute atomic E-state index is 0.298. The van der Waals surface area contributed by atoms with Crippen molar-refractivity contribution in [3.05, 3.63) is 35.6 Å². The first kappa shape index (κ1) is 9.27. The lowest BCUT2D eigenvalue weighted by Gasteiger charge is -2.23. The summed E-state index contributed by atoms with van der Waals surface area (Å²) in [7, 11) is -2.09. The van der Waals surface area contributed by atoms with Gasteiger partial charge in [0.2, 0.25) is 10.3 Å². The number of allylic oxidation sites excluding steroid dienone is 6. The monoisotopic (exact) mass is 209 g/mol. The van der Waals surface area contributed by atoms with Gasteiger partial charge in [0, 0.05) is 18.0 Å². The van der Waals surface area contributed by atoms with Gasteiger partial charge in [0.25, 0.3) is 0 Å². The maximum absolute atomic E-state index is 10.7. The Hall–Kier alpha value is -1.29.